The molecular weight excluding hydrogens is 422 g/mol. The van der Waals surface area contributed by atoms with E-state index < -0.39 is 0 Å². The van der Waals surface area contributed by atoms with Crippen LogP contribution in [0, 0.1) is 5.92 Å². The highest BCUT2D eigenvalue weighted by Crippen LogP contribution is 2.67. The van der Waals surface area contributed by atoms with Crippen LogP contribution in [0.4, 0.5) is 0 Å². The molecular formula is C28H44B2O4. The second-order valence-electron chi connectivity index (χ2n) is 13.5. The van der Waals surface area contributed by atoms with Crippen LogP contribution in [0.2, 0.25) is 5.31 Å². The smallest absolute Gasteiger partial charge is 0.403 e. The van der Waals surface area contributed by atoms with E-state index >= 15 is 0 Å². The molecule has 0 bridgehead atoms. The summed E-state index contributed by atoms with van der Waals surface area (Å²) in [6.07, 6.45) is 9.02. The second-order valence-corrected chi connectivity index (χ2v) is 13.5. The van der Waals surface area contributed by atoms with Gasteiger partial charge < -0.3 is 18.6 Å². The average Bonchev–Trinajstić information content (AvgIpc) is 3.08. The summed E-state index contributed by atoms with van der Waals surface area (Å²) in [5.41, 5.74) is 1.36. The molecule has 2 heterocycles. The van der Waals surface area contributed by atoms with Gasteiger partial charge in [-0.15, -0.1) is 0 Å². The van der Waals surface area contributed by atoms with Gasteiger partial charge in [-0.25, -0.2) is 0 Å². The lowest BCUT2D eigenvalue weighted by Crippen LogP contribution is -2.49. The Morgan fingerprint density at radius 2 is 1.12 bits per heavy atom. The Bertz CT molecular complexity index is 863. The summed E-state index contributed by atoms with van der Waals surface area (Å²) in [5, 5.41) is 0.139. The van der Waals surface area contributed by atoms with Crippen LogP contribution in [0.1, 0.15) is 112 Å². The number of rotatable bonds is 4. The molecule has 0 atom stereocenters. The maximum absolute atomic E-state index is 6.68. The first-order chi connectivity index (χ1) is 15.8. The van der Waals surface area contributed by atoms with E-state index in [9.17, 15) is 0 Å². The van der Waals surface area contributed by atoms with Crippen LogP contribution in [0.3, 0.4) is 0 Å². The number of hydrogen-bond donors (Lipinski definition) is 0. The molecule has 4 fully saturated rings. The third-order valence-electron chi connectivity index (χ3n) is 10.3. The molecule has 2 aliphatic heterocycles. The maximum atomic E-state index is 6.68. The zero-order valence-corrected chi connectivity index (χ0v) is 22.7. The molecule has 2 saturated carbocycles. The van der Waals surface area contributed by atoms with Crippen LogP contribution in [0.25, 0.3) is 0 Å². The first-order valence-electron chi connectivity index (χ1n) is 13.6. The molecule has 0 spiro atoms. The summed E-state index contributed by atoms with van der Waals surface area (Å²) < 4.78 is 25.9. The van der Waals surface area contributed by atoms with Crippen molar-refractivity contribution in [2.45, 2.75) is 134 Å². The molecule has 0 aromatic heterocycles. The standard InChI is InChI=1S/C28H44B2O4/c1-24(2)25(3,4)32-29(31-24)23-16-14-20(15-17-23)21-18-28(19-21,22-12-10-9-11-13-22)30-33-26(5,6)27(7,8)34-30/h14-17,21-22H,9-13,18-19H2,1-8H3. The lowest BCUT2D eigenvalue weighted by atomic mass is 9.37. The maximum Gasteiger partial charge on any atom is 0.494 e. The van der Waals surface area contributed by atoms with E-state index in [0.29, 0.717) is 11.8 Å². The quantitative estimate of drug-likeness (QED) is 0.490. The van der Waals surface area contributed by atoms with Gasteiger partial charge in [0.15, 0.2) is 0 Å². The van der Waals surface area contributed by atoms with E-state index in [1.807, 2.05) is 0 Å². The van der Waals surface area contributed by atoms with Gasteiger partial charge >= 0.3 is 14.2 Å². The molecule has 1 aromatic rings. The van der Waals surface area contributed by atoms with Gasteiger partial charge in [-0.2, -0.15) is 0 Å². The zero-order valence-electron chi connectivity index (χ0n) is 22.7. The number of benzene rings is 1. The van der Waals surface area contributed by atoms with Crippen LogP contribution in [0.5, 0.6) is 0 Å². The highest BCUT2D eigenvalue weighted by atomic mass is 16.7. The van der Waals surface area contributed by atoms with E-state index in [4.69, 9.17) is 18.6 Å². The third kappa shape index (κ3) is 3.92. The fraction of sp³-hybridized carbons (Fsp3) is 0.786. The van der Waals surface area contributed by atoms with E-state index in [1.54, 1.807) is 0 Å². The van der Waals surface area contributed by atoms with Crippen molar-refractivity contribution in [1.82, 2.24) is 0 Å². The largest absolute Gasteiger partial charge is 0.494 e. The molecule has 6 heteroatoms. The van der Waals surface area contributed by atoms with Crippen molar-refractivity contribution in [2.24, 2.45) is 5.92 Å². The summed E-state index contributed by atoms with van der Waals surface area (Å²) in [6.45, 7) is 17.2. The Morgan fingerprint density at radius 1 is 0.647 bits per heavy atom. The fourth-order valence-electron chi connectivity index (χ4n) is 6.47. The molecule has 4 nitrogen and oxygen atoms in total. The minimum absolute atomic E-state index is 0.0964. The highest BCUT2D eigenvalue weighted by Gasteiger charge is 2.65. The van der Waals surface area contributed by atoms with Crippen LogP contribution in [-0.4, -0.2) is 36.6 Å². The first-order valence-corrected chi connectivity index (χ1v) is 13.6. The molecule has 0 radical (unpaired) electrons. The van der Waals surface area contributed by atoms with Gasteiger partial charge in [0.1, 0.15) is 0 Å². The van der Waals surface area contributed by atoms with E-state index in [0.717, 1.165) is 18.3 Å². The van der Waals surface area contributed by atoms with Crippen molar-refractivity contribution in [3.05, 3.63) is 29.8 Å². The van der Waals surface area contributed by atoms with Crippen molar-refractivity contribution in [3.8, 4) is 0 Å². The monoisotopic (exact) mass is 466 g/mol. The predicted molar refractivity (Wildman–Crippen MR) is 139 cm³/mol. The molecule has 5 rings (SSSR count). The first kappa shape index (κ1) is 24.9. The molecule has 4 aliphatic rings. The lowest BCUT2D eigenvalue weighted by molar-refractivity contribution is 0.00578. The van der Waals surface area contributed by atoms with Gasteiger partial charge in [0.25, 0.3) is 0 Å². The van der Waals surface area contributed by atoms with Gasteiger partial charge in [-0.1, -0.05) is 56.4 Å². The Kier molecular flexibility index (Phi) is 5.92. The topological polar surface area (TPSA) is 36.9 Å². The molecule has 0 amide bonds. The molecule has 186 valence electrons. The fourth-order valence-corrected chi connectivity index (χ4v) is 6.47. The molecule has 34 heavy (non-hydrogen) atoms. The van der Waals surface area contributed by atoms with E-state index in [-0.39, 0.29) is 42.0 Å². The van der Waals surface area contributed by atoms with E-state index in [2.05, 4.69) is 79.7 Å². The van der Waals surface area contributed by atoms with Crippen LogP contribution >= 0.6 is 0 Å². The Labute approximate surface area is 208 Å². The highest BCUT2D eigenvalue weighted by molar-refractivity contribution is 6.62. The van der Waals surface area contributed by atoms with Crippen molar-refractivity contribution in [3.63, 3.8) is 0 Å². The van der Waals surface area contributed by atoms with Crippen molar-refractivity contribution in [1.29, 1.82) is 0 Å². The van der Waals surface area contributed by atoms with Crippen molar-refractivity contribution < 1.29 is 18.6 Å². The molecule has 2 aliphatic carbocycles. The second kappa shape index (κ2) is 8.10. The van der Waals surface area contributed by atoms with Gasteiger partial charge in [0.05, 0.1) is 22.4 Å². The molecule has 2 saturated heterocycles. The Balaban J connectivity index is 1.32. The van der Waals surface area contributed by atoms with Crippen LogP contribution < -0.4 is 5.46 Å². The summed E-state index contributed by atoms with van der Waals surface area (Å²) in [6, 6.07) is 8.99. The van der Waals surface area contributed by atoms with Gasteiger partial charge in [-0.05, 0) is 91.1 Å². The van der Waals surface area contributed by atoms with Gasteiger partial charge in [0.2, 0.25) is 0 Å². The van der Waals surface area contributed by atoms with Crippen LogP contribution in [-0.2, 0) is 18.6 Å². The van der Waals surface area contributed by atoms with Gasteiger partial charge in [0, 0.05) is 5.31 Å². The lowest BCUT2D eigenvalue weighted by Gasteiger charge is -2.54. The average molecular weight is 466 g/mol. The summed E-state index contributed by atoms with van der Waals surface area (Å²) in [4.78, 5) is 0. The van der Waals surface area contributed by atoms with Gasteiger partial charge in [-0.3, -0.25) is 0 Å². The normalized spacial score (nSPS) is 34.3. The Morgan fingerprint density at radius 3 is 1.62 bits per heavy atom. The summed E-state index contributed by atoms with van der Waals surface area (Å²) in [7, 11) is -0.396. The molecule has 0 N–H and O–H groups in total. The summed E-state index contributed by atoms with van der Waals surface area (Å²) >= 11 is 0. The predicted octanol–water partition coefficient (Wildman–Crippen LogP) is 6.28. The minimum Gasteiger partial charge on any atom is -0.403 e. The third-order valence-corrected chi connectivity index (χ3v) is 10.3. The minimum atomic E-state index is -0.313. The number of hydrogen-bond acceptors (Lipinski definition) is 4. The molecule has 0 unspecified atom stereocenters. The van der Waals surface area contributed by atoms with Crippen LogP contribution in [0.15, 0.2) is 24.3 Å². The molecule has 1 aromatic carbocycles. The SMILES string of the molecule is CC1(C)OB(c2ccc(C3CC(B4OC(C)(C)C(C)(C)O4)(C4CCCCC4)C3)cc2)OC1(C)C. The summed E-state index contributed by atoms with van der Waals surface area (Å²) in [5.74, 6) is 1.27. The van der Waals surface area contributed by atoms with Crippen molar-refractivity contribution >= 4 is 19.7 Å². The Hall–Kier alpha value is -0.810. The van der Waals surface area contributed by atoms with Crippen molar-refractivity contribution in [2.75, 3.05) is 0 Å². The zero-order chi connectivity index (χ0) is 24.6. The van der Waals surface area contributed by atoms with E-state index in [1.165, 1.54) is 37.7 Å².